The van der Waals surface area contributed by atoms with Crippen LogP contribution in [0.5, 0.6) is 0 Å². The molecule has 0 spiro atoms. The first-order valence-corrected chi connectivity index (χ1v) is 16.4. The van der Waals surface area contributed by atoms with Crippen LogP contribution in [-0.4, -0.2) is 72.7 Å². The highest BCUT2D eigenvalue weighted by Crippen LogP contribution is 2.31. The summed E-state index contributed by atoms with van der Waals surface area (Å²) in [6.45, 7) is 1.00. The van der Waals surface area contributed by atoms with Gasteiger partial charge in [0.15, 0.2) is 0 Å². The molecule has 3 heterocycles. The number of carbonyl (C=O) groups excluding carboxylic acids is 1. The zero-order valence-corrected chi connectivity index (χ0v) is 25.4. The van der Waals surface area contributed by atoms with Gasteiger partial charge >= 0.3 is 0 Å². The van der Waals surface area contributed by atoms with Crippen molar-refractivity contribution in [2.24, 2.45) is 0 Å². The van der Waals surface area contributed by atoms with Crippen molar-refractivity contribution in [2.45, 2.75) is 56.7 Å². The lowest BCUT2D eigenvalue weighted by atomic mass is 9.85. The number of carbonyl (C=O) groups is 1. The lowest BCUT2D eigenvalue weighted by Crippen LogP contribution is -2.58. The second-order valence-electron chi connectivity index (χ2n) is 11.6. The van der Waals surface area contributed by atoms with Gasteiger partial charge in [-0.3, -0.25) is 9.78 Å². The van der Waals surface area contributed by atoms with E-state index in [4.69, 9.17) is 0 Å². The molecule has 0 radical (unpaired) electrons. The van der Waals surface area contributed by atoms with Gasteiger partial charge in [0.2, 0.25) is 0 Å². The van der Waals surface area contributed by atoms with E-state index in [-0.39, 0.29) is 62.2 Å². The highest BCUT2D eigenvalue weighted by Gasteiger charge is 2.38. The van der Waals surface area contributed by atoms with Crippen LogP contribution in [0.2, 0.25) is 0 Å². The molecule has 1 unspecified atom stereocenters. The molecule has 3 atom stereocenters. The average Bonchev–Trinajstić information content (AvgIpc) is 3.00. The summed E-state index contributed by atoms with van der Waals surface area (Å²) >= 11 is 0. The van der Waals surface area contributed by atoms with Gasteiger partial charge in [0, 0.05) is 69.8 Å². The van der Waals surface area contributed by atoms with Crippen LogP contribution in [0.3, 0.4) is 0 Å². The van der Waals surface area contributed by atoms with Gasteiger partial charge in [-0.15, -0.1) is 0 Å². The molecule has 1 N–H and O–H groups in total. The van der Waals surface area contributed by atoms with E-state index in [0.717, 1.165) is 24.4 Å². The maximum absolute atomic E-state index is 15.1. The van der Waals surface area contributed by atoms with E-state index in [2.05, 4.69) is 10.3 Å². The van der Waals surface area contributed by atoms with Crippen molar-refractivity contribution < 1.29 is 35.2 Å². The van der Waals surface area contributed by atoms with Gasteiger partial charge in [0.25, 0.3) is 10.2 Å². The lowest BCUT2D eigenvalue weighted by molar-refractivity contribution is -0.118. The number of nitrogens with one attached hydrogen (secondary N) is 1. The number of halogens is 5. The monoisotopic (exact) mass is 650 g/mol. The zero-order chi connectivity index (χ0) is 32.1. The third kappa shape index (κ3) is 8.13. The van der Waals surface area contributed by atoms with E-state index in [1.807, 2.05) is 0 Å². The van der Waals surface area contributed by atoms with Gasteiger partial charge < -0.3 is 5.32 Å². The molecule has 3 aromatic rings. The quantitative estimate of drug-likeness (QED) is 0.300. The van der Waals surface area contributed by atoms with Crippen molar-refractivity contribution >= 4 is 16.0 Å². The molecule has 13 heteroatoms. The minimum atomic E-state index is -3.94. The molecule has 2 aliphatic rings. The number of nitrogens with zero attached hydrogens (tertiary/aromatic N) is 3. The van der Waals surface area contributed by atoms with Crippen LogP contribution in [0.1, 0.15) is 53.9 Å². The Morgan fingerprint density at radius 3 is 2.42 bits per heavy atom. The first-order valence-electron chi connectivity index (χ1n) is 15.0. The number of Topliss-reactive ketones (excluding diaryl/α,β-unsaturated/α-hetero) is 1. The molecule has 2 fully saturated rings. The summed E-state index contributed by atoms with van der Waals surface area (Å²) in [6.07, 6.45) is 1.87. The summed E-state index contributed by atoms with van der Waals surface area (Å²) in [5.41, 5.74) is 1.21. The molecule has 45 heavy (non-hydrogen) atoms. The fourth-order valence-electron chi connectivity index (χ4n) is 6.20. The van der Waals surface area contributed by atoms with Crippen LogP contribution >= 0.6 is 0 Å². The summed E-state index contributed by atoms with van der Waals surface area (Å²) in [5.74, 6) is -3.95. The molecular weight excluding hydrogens is 615 g/mol. The van der Waals surface area contributed by atoms with Gasteiger partial charge in [0.1, 0.15) is 35.2 Å². The van der Waals surface area contributed by atoms with Gasteiger partial charge in [0.05, 0.1) is 6.20 Å². The number of hydrogen-bond donors (Lipinski definition) is 1. The zero-order valence-electron chi connectivity index (χ0n) is 24.6. The summed E-state index contributed by atoms with van der Waals surface area (Å²) in [6, 6.07) is 7.72. The fourth-order valence-corrected chi connectivity index (χ4v) is 8.08. The third-order valence-corrected chi connectivity index (χ3v) is 10.5. The molecule has 1 aromatic heterocycles. The van der Waals surface area contributed by atoms with Gasteiger partial charge in [-0.25, -0.2) is 22.0 Å². The Bertz CT molecular complexity index is 1590. The normalized spacial score (nSPS) is 20.6. The van der Waals surface area contributed by atoms with Crippen molar-refractivity contribution in [2.75, 3.05) is 32.7 Å². The van der Waals surface area contributed by atoms with Crippen LogP contribution in [0.15, 0.2) is 54.9 Å². The Morgan fingerprint density at radius 2 is 1.71 bits per heavy atom. The van der Waals surface area contributed by atoms with Crippen LogP contribution in [-0.2, 0) is 27.8 Å². The molecule has 0 amide bonds. The third-order valence-electron chi connectivity index (χ3n) is 8.45. The number of pyridine rings is 1. The minimum Gasteiger partial charge on any atom is -0.314 e. The van der Waals surface area contributed by atoms with Gasteiger partial charge in [-0.05, 0) is 72.2 Å². The Kier molecular flexibility index (Phi) is 10.6. The number of hydrogen-bond acceptors (Lipinski definition) is 5. The van der Waals surface area contributed by atoms with Crippen molar-refractivity contribution in [3.8, 4) is 0 Å². The topological polar surface area (TPSA) is 82.6 Å². The van der Waals surface area contributed by atoms with Crippen molar-refractivity contribution in [1.29, 1.82) is 0 Å². The number of ketones is 1. The number of aromatic nitrogens is 1. The summed E-state index contributed by atoms with van der Waals surface area (Å²) in [7, 11) is -3.94. The van der Waals surface area contributed by atoms with Crippen LogP contribution in [0.25, 0.3) is 0 Å². The predicted molar refractivity (Wildman–Crippen MR) is 158 cm³/mol. The molecule has 2 aliphatic heterocycles. The molecular formula is C32H35F5N4O3S. The maximum Gasteiger partial charge on any atom is 0.282 e. The number of rotatable bonds is 11. The summed E-state index contributed by atoms with van der Waals surface area (Å²) in [5, 5.41) is 3.17. The Hall–Kier alpha value is -3.26. The molecule has 0 aliphatic carbocycles. The standard InChI is InChI=1S/C32H35F5N4O3S/c33-24-5-3-21(4-6-24)31(22-12-26(35)15-27(36)13-22)16-29(42)14-23-17-39-19-32(37)30(23)8-7-28-18-38-9-11-41(28)45(43,44)40-10-1-2-25(34)20-40/h3-6,12-13,15,17,19,25,28,31,38H,1-2,7-11,14,16,18,20H2/t25?,28-,31-/m0/s1. The molecule has 2 saturated heterocycles. The number of alkyl halides is 1. The van der Waals surface area contributed by atoms with E-state index in [9.17, 15) is 30.8 Å². The van der Waals surface area contributed by atoms with Gasteiger partial charge in [-0.2, -0.15) is 17.0 Å². The van der Waals surface area contributed by atoms with E-state index in [0.29, 0.717) is 37.1 Å². The Morgan fingerprint density at radius 1 is 0.978 bits per heavy atom. The van der Waals surface area contributed by atoms with Crippen molar-refractivity contribution in [3.63, 3.8) is 0 Å². The first kappa shape index (κ1) is 33.1. The smallest absolute Gasteiger partial charge is 0.282 e. The fraction of sp³-hybridized carbons (Fsp3) is 0.438. The van der Waals surface area contributed by atoms with E-state index in [1.165, 1.54) is 39.1 Å². The summed E-state index contributed by atoms with van der Waals surface area (Å²) < 4.78 is 100. The molecule has 2 aromatic carbocycles. The molecule has 7 nitrogen and oxygen atoms in total. The summed E-state index contributed by atoms with van der Waals surface area (Å²) in [4.78, 5) is 17.3. The van der Waals surface area contributed by atoms with E-state index >= 15 is 4.39 Å². The van der Waals surface area contributed by atoms with E-state index < -0.39 is 51.6 Å². The SMILES string of the molecule is O=C(Cc1cncc(F)c1CC[C@H]1CNCCN1S(=O)(=O)N1CCCC(F)C1)C[C@@H](c1ccc(F)cc1)c1cc(F)cc(F)c1. The number of piperazine rings is 1. The van der Waals surface area contributed by atoms with Crippen molar-refractivity contribution in [1.82, 2.24) is 18.9 Å². The molecule has 0 saturated carbocycles. The maximum atomic E-state index is 15.1. The van der Waals surface area contributed by atoms with Crippen LogP contribution in [0.4, 0.5) is 22.0 Å². The first-order chi connectivity index (χ1) is 21.5. The predicted octanol–water partition coefficient (Wildman–Crippen LogP) is 4.86. The lowest BCUT2D eigenvalue weighted by Gasteiger charge is -2.40. The molecule has 242 valence electrons. The van der Waals surface area contributed by atoms with Crippen LogP contribution in [0, 0.1) is 23.3 Å². The molecule has 0 bridgehead atoms. The highest BCUT2D eigenvalue weighted by molar-refractivity contribution is 7.86. The largest absolute Gasteiger partial charge is 0.314 e. The van der Waals surface area contributed by atoms with Crippen LogP contribution < -0.4 is 5.32 Å². The van der Waals surface area contributed by atoms with E-state index in [1.54, 1.807) is 0 Å². The average molecular weight is 651 g/mol. The second kappa shape index (κ2) is 14.4. The number of piperidine rings is 1. The minimum absolute atomic E-state index is 0.109. The van der Waals surface area contributed by atoms with Crippen molar-refractivity contribution in [3.05, 3.63) is 100 Å². The Labute approximate surface area is 259 Å². The Balaban J connectivity index is 1.33. The van der Waals surface area contributed by atoms with Gasteiger partial charge in [-0.1, -0.05) is 12.1 Å². The molecule has 5 rings (SSSR count). The number of benzene rings is 2. The second-order valence-corrected chi connectivity index (χ2v) is 13.5. The highest BCUT2D eigenvalue weighted by atomic mass is 32.2.